The molecular weight excluding hydrogens is 401 g/mol. The van der Waals surface area contributed by atoms with Crippen molar-refractivity contribution in [1.82, 2.24) is 4.90 Å². The number of aliphatic hydroxyl groups is 3. The predicted octanol–water partition coefficient (Wildman–Crippen LogP) is 0.691. The average molecular weight is 427 g/mol. The van der Waals surface area contributed by atoms with Gasteiger partial charge in [0.25, 0.3) is 0 Å². The summed E-state index contributed by atoms with van der Waals surface area (Å²) >= 11 is 0. The van der Waals surface area contributed by atoms with E-state index in [-0.39, 0.29) is 11.9 Å². The molecule has 5 atom stereocenters. The largest absolute Gasteiger partial charge is 0.527 e. The molecule has 0 bridgehead atoms. The highest BCUT2D eigenvalue weighted by Gasteiger charge is 2.53. The molecule has 2 heterocycles. The Labute approximate surface area is 168 Å². The van der Waals surface area contributed by atoms with Crippen molar-refractivity contribution in [3.05, 3.63) is 35.4 Å². The number of hydrogen-bond acceptors (Lipinski definition) is 8. The van der Waals surface area contributed by atoms with Crippen LogP contribution in [0.1, 0.15) is 24.0 Å². The lowest BCUT2D eigenvalue weighted by Crippen LogP contribution is -2.42. The van der Waals surface area contributed by atoms with Gasteiger partial charge in [-0.3, -0.25) is 9.42 Å². The third-order valence-corrected chi connectivity index (χ3v) is 6.68. The summed E-state index contributed by atoms with van der Waals surface area (Å²) in [6, 6.07) is 3.43. The molecule has 1 aromatic carbocycles. The molecule has 2 unspecified atom stereocenters. The highest BCUT2D eigenvalue weighted by Crippen LogP contribution is 2.58. The third kappa shape index (κ3) is 3.84. The van der Waals surface area contributed by atoms with Crippen molar-refractivity contribution in [3.63, 3.8) is 0 Å². The summed E-state index contributed by atoms with van der Waals surface area (Å²) in [5.41, 5.74) is 1.53. The lowest BCUT2D eigenvalue weighted by molar-refractivity contribution is 0.0426. The number of phosphoric acid groups is 1. The van der Waals surface area contributed by atoms with Crippen LogP contribution in [0.25, 0.3) is 0 Å². The van der Waals surface area contributed by atoms with Crippen molar-refractivity contribution in [2.24, 2.45) is 0 Å². The van der Waals surface area contributed by atoms with E-state index in [4.69, 9.17) is 18.9 Å². The van der Waals surface area contributed by atoms with Crippen LogP contribution < -0.4 is 9.26 Å². The van der Waals surface area contributed by atoms with Gasteiger partial charge in [0.1, 0.15) is 12.2 Å². The van der Waals surface area contributed by atoms with Crippen LogP contribution in [0.4, 0.5) is 0 Å². The quantitative estimate of drug-likeness (QED) is 0.383. The van der Waals surface area contributed by atoms with Gasteiger partial charge in [0.05, 0.1) is 24.7 Å². The topological polar surface area (TPSA) is 129 Å². The number of ether oxygens (including phenoxy) is 1. The molecule has 29 heavy (non-hydrogen) atoms. The zero-order chi connectivity index (χ0) is 20.8. The highest BCUT2D eigenvalue weighted by molar-refractivity contribution is 7.47. The second-order valence-corrected chi connectivity index (χ2v) is 9.29. The fourth-order valence-electron chi connectivity index (χ4n) is 4.37. The molecule has 1 spiro atoms. The van der Waals surface area contributed by atoms with E-state index < -0.39 is 38.7 Å². The van der Waals surface area contributed by atoms with E-state index in [2.05, 4.69) is 4.90 Å². The molecule has 0 radical (unpaired) electrons. The first-order chi connectivity index (χ1) is 13.7. The zero-order valence-corrected chi connectivity index (χ0v) is 17.0. The fourth-order valence-corrected chi connectivity index (χ4v) is 5.18. The van der Waals surface area contributed by atoms with Crippen LogP contribution in [0.15, 0.2) is 24.3 Å². The Balaban J connectivity index is 1.70. The summed E-state index contributed by atoms with van der Waals surface area (Å²) in [5, 5.41) is 28.3. The SMILES string of the molecule is CN1CC[C@@]23C=C[C@H](O)C[C@@H]2Oc2c(OP(=O)(O)OCC(O)CO)ccc(c23)C1. The second kappa shape index (κ2) is 7.67. The molecule has 9 nitrogen and oxygen atoms in total. The van der Waals surface area contributed by atoms with Crippen LogP contribution in [0.5, 0.6) is 11.5 Å². The minimum absolute atomic E-state index is 0.0780. The first-order valence-corrected chi connectivity index (χ1v) is 11.1. The van der Waals surface area contributed by atoms with Gasteiger partial charge >= 0.3 is 7.82 Å². The van der Waals surface area contributed by atoms with Crippen molar-refractivity contribution in [2.45, 2.75) is 43.1 Å². The lowest BCUT2D eigenvalue weighted by Gasteiger charge is -2.35. The Bertz CT molecular complexity index is 861. The molecule has 1 aliphatic carbocycles. The average Bonchev–Trinajstić information content (AvgIpc) is 2.93. The van der Waals surface area contributed by atoms with Crippen molar-refractivity contribution in [1.29, 1.82) is 0 Å². The standard InChI is InChI=1S/C19H26NO8P/c1-20-7-6-19-5-4-13(22)8-16(19)27-18-15(3-2-12(9-20)17(18)19)28-29(24,25)26-11-14(23)10-21/h2-5,13-14,16,21-23H,6-11H2,1H3,(H,24,25)/t13-,14?,16-,19-/m0/s1. The lowest BCUT2D eigenvalue weighted by atomic mass is 9.69. The number of aliphatic hydroxyl groups excluding tert-OH is 3. The van der Waals surface area contributed by atoms with Gasteiger partial charge in [-0.15, -0.1) is 0 Å². The summed E-state index contributed by atoms with van der Waals surface area (Å²) in [6.07, 6.45) is 2.79. The fraction of sp³-hybridized carbons (Fsp3) is 0.579. The Kier molecular flexibility index (Phi) is 5.50. The molecular formula is C19H26NO8P. The number of benzene rings is 1. The minimum Gasteiger partial charge on any atom is -0.485 e. The molecule has 0 aromatic heterocycles. The molecule has 2 aliphatic heterocycles. The molecule has 4 rings (SSSR count). The smallest absolute Gasteiger partial charge is 0.485 e. The van der Waals surface area contributed by atoms with Gasteiger partial charge in [-0.1, -0.05) is 18.2 Å². The van der Waals surface area contributed by atoms with E-state index in [1.807, 2.05) is 19.2 Å². The van der Waals surface area contributed by atoms with Crippen LogP contribution >= 0.6 is 7.82 Å². The minimum atomic E-state index is -4.55. The molecule has 0 fully saturated rings. The Morgan fingerprint density at radius 1 is 1.45 bits per heavy atom. The van der Waals surface area contributed by atoms with E-state index in [0.717, 1.165) is 24.1 Å². The maximum atomic E-state index is 12.3. The maximum absolute atomic E-state index is 12.3. The van der Waals surface area contributed by atoms with Gasteiger partial charge in [0, 0.05) is 18.5 Å². The molecule has 3 aliphatic rings. The molecule has 160 valence electrons. The van der Waals surface area contributed by atoms with Crippen molar-refractivity contribution in [2.75, 3.05) is 26.8 Å². The third-order valence-electron chi connectivity index (χ3n) is 5.78. The monoisotopic (exact) mass is 427 g/mol. The molecule has 10 heteroatoms. The number of nitrogens with zero attached hydrogens (tertiary/aromatic N) is 1. The van der Waals surface area contributed by atoms with Gasteiger partial charge in [-0.25, -0.2) is 4.57 Å². The van der Waals surface area contributed by atoms with Crippen molar-refractivity contribution < 1.29 is 38.6 Å². The summed E-state index contributed by atoms with van der Waals surface area (Å²) in [6.45, 7) is 0.398. The molecule has 1 aromatic rings. The van der Waals surface area contributed by atoms with Crippen LogP contribution in [0.2, 0.25) is 0 Å². The predicted molar refractivity (Wildman–Crippen MR) is 103 cm³/mol. The molecule has 0 saturated carbocycles. The summed E-state index contributed by atoms with van der Waals surface area (Å²) in [5.74, 6) is 0.469. The van der Waals surface area contributed by atoms with E-state index >= 15 is 0 Å². The van der Waals surface area contributed by atoms with Crippen molar-refractivity contribution >= 4 is 7.82 Å². The first kappa shape index (κ1) is 20.8. The normalized spacial score (nSPS) is 31.2. The van der Waals surface area contributed by atoms with E-state index in [0.29, 0.717) is 18.7 Å². The van der Waals surface area contributed by atoms with Gasteiger partial charge in [0.2, 0.25) is 0 Å². The summed E-state index contributed by atoms with van der Waals surface area (Å²) in [4.78, 5) is 12.3. The van der Waals surface area contributed by atoms with Gasteiger partial charge < -0.3 is 29.5 Å². The number of phosphoric ester groups is 1. The Morgan fingerprint density at radius 2 is 2.24 bits per heavy atom. The zero-order valence-electron chi connectivity index (χ0n) is 16.1. The summed E-state index contributed by atoms with van der Waals surface area (Å²) < 4.78 is 28.6. The second-order valence-electron chi connectivity index (χ2n) is 7.92. The first-order valence-electron chi connectivity index (χ1n) is 9.59. The number of rotatable bonds is 6. The Morgan fingerprint density at radius 3 is 3.00 bits per heavy atom. The molecule has 0 amide bonds. The van der Waals surface area contributed by atoms with Crippen LogP contribution in [-0.2, 0) is 21.0 Å². The van der Waals surface area contributed by atoms with Crippen LogP contribution in [0, 0.1) is 0 Å². The van der Waals surface area contributed by atoms with Crippen molar-refractivity contribution in [3.8, 4) is 11.5 Å². The summed E-state index contributed by atoms with van der Waals surface area (Å²) in [7, 11) is -2.51. The van der Waals surface area contributed by atoms with E-state index in [9.17, 15) is 19.7 Å². The van der Waals surface area contributed by atoms with Gasteiger partial charge in [0.15, 0.2) is 11.5 Å². The van der Waals surface area contributed by atoms with E-state index in [1.54, 1.807) is 12.1 Å². The van der Waals surface area contributed by atoms with Gasteiger partial charge in [-0.2, -0.15) is 0 Å². The number of hydrogen-bond donors (Lipinski definition) is 4. The Hall–Kier alpha value is -1.45. The van der Waals surface area contributed by atoms with Crippen LogP contribution in [0.3, 0.4) is 0 Å². The highest BCUT2D eigenvalue weighted by atomic mass is 31.2. The molecule has 4 N–H and O–H groups in total. The van der Waals surface area contributed by atoms with Gasteiger partial charge in [-0.05, 0) is 31.6 Å². The van der Waals surface area contributed by atoms with Crippen LogP contribution in [-0.4, -0.2) is 70.2 Å². The van der Waals surface area contributed by atoms with E-state index in [1.165, 1.54) is 0 Å². The molecule has 0 saturated heterocycles. The maximum Gasteiger partial charge on any atom is 0.527 e.